The lowest BCUT2D eigenvalue weighted by Crippen LogP contribution is -2.03. The molecule has 3 aromatic rings. The predicted octanol–water partition coefficient (Wildman–Crippen LogP) is 5.78. The average Bonchev–Trinajstić information content (AvgIpc) is 3.14. The van der Waals surface area contributed by atoms with Crippen LogP contribution in [0.25, 0.3) is 10.4 Å². The molecule has 0 saturated heterocycles. The summed E-state index contributed by atoms with van der Waals surface area (Å²) >= 11 is 2.97. The van der Waals surface area contributed by atoms with Gasteiger partial charge < -0.3 is 0 Å². The highest BCUT2D eigenvalue weighted by Crippen LogP contribution is 2.31. The molecule has 0 fully saturated rings. The maximum atomic E-state index is 12.3. The van der Waals surface area contributed by atoms with Gasteiger partial charge in [0, 0.05) is 15.6 Å². The molecule has 0 saturated carbocycles. The zero-order valence-corrected chi connectivity index (χ0v) is 11.8. The van der Waals surface area contributed by atoms with Gasteiger partial charge in [0.1, 0.15) is 0 Å². The third kappa shape index (κ3) is 4.21. The van der Waals surface area contributed by atoms with Crippen LogP contribution < -0.4 is 0 Å². The van der Waals surface area contributed by atoms with Crippen molar-refractivity contribution in [2.75, 3.05) is 0 Å². The molecule has 0 spiro atoms. The van der Waals surface area contributed by atoms with Gasteiger partial charge in [-0.3, -0.25) is 0 Å². The van der Waals surface area contributed by atoms with Gasteiger partial charge in [0.25, 0.3) is 0 Å². The van der Waals surface area contributed by atoms with Crippen LogP contribution in [0.3, 0.4) is 0 Å². The molecule has 2 heterocycles. The molecule has 0 amide bonds. The molecule has 1 aromatic carbocycles. The molecular formula is C15H9F3S2. The molecule has 0 aliphatic rings. The summed E-state index contributed by atoms with van der Waals surface area (Å²) in [5.41, 5.74) is 0.168. The van der Waals surface area contributed by atoms with Gasteiger partial charge in [-0.05, 0) is 41.3 Å². The van der Waals surface area contributed by atoms with Crippen molar-refractivity contribution in [2.45, 2.75) is 6.18 Å². The van der Waals surface area contributed by atoms with E-state index in [1.165, 1.54) is 23.5 Å². The summed E-state index contributed by atoms with van der Waals surface area (Å²) in [6, 6.07) is 12.6. The van der Waals surface area contributed by atoms with Gasteiger partial charge in [-0.25, -0.2) is 0 Å². The van der Waals surface area contributed by atoms with Crippen molar-refractivity contribution < 1.29 is 13.2 Å². The number of alkyl halides is 3. The van der Waals surface area contributed by atoms with Gasteiger partial charge in [0.05, 0.1) is 5.56 Å². The highest BCUT2D eigenvalue weighted by molar-refractivity contribution is 7.13. The van der Waals surface area contributed by atoms with E-state index >= 15 is 0 Å². The van der Waals surface area contributed by atoms with E-state index in [4.69, 9.17) is 0 Å². The fourth-order valence-electron chi connectivity index (χ4n) is 1.42. The number of thiophene rings is 2. The molecule has 0 nitrogen and oxygen atoms in total. The molecule has 20 heavy (non-hydrogen) atoms. The lowest BCUT2D eigenvalue weighted by atomic mass is 10.1. The lowest BCUT2D eigenvalue weighted by molar-refractivity contribution is -0.137. The van der Waals surface area contributed by atoms with Crippen molar-refractivity contribution in [2.24, 2.45) is 0 Å². The van der Waals surface area contributed by atoms with Crippen molar-refractivity contribution in [3.63, 3.8) is 0 Å². The van der Waals surface area contributed by atoms with Gasteiger partial charge in [-0.15, -0.1) is 22.7 Å². The van der Waals surface area contributed by atoms with E-state index in [9.17, 15) is 13.2 Å². The Bertz CT molecular complexity index is 576. The molecule has 0 bridgehead atoms. The number of hydrogen-bond acceptors (Lipinski definition) is 2. The summed E-state index contributed by atoms with van der Waals surface area (Å²) in [5, 5.41) is 7.78. The Balaban J connectivity index is 0.000000247. The summed E-state index contributed by atoms with van der Waals surface area (Å²) in [6.07, 6.45) is -4.26. The maximum absolute atomic E-state index is 12.3. The van der Waals surface area contributed by atoms with Gasteiger partial charge in [0.15, 0.2) is 0 Å². The Kier molecular flexibility index (Phi) is 4.98. The summed E-state index contributed by atoms with van der Waals surface area (Å²) in [5.74, 6) is 0. The van der Waals surface area contributed by atoms with Gasteiger partial charge in [-0.1, -0.05) is 18.2 Å². The van der Waals surface area contributed by atoms with E-state index in [2.05, 4.69) is 10.8 Å². The SMILES string of the molecule is FC(F)(F)c1ccc(-c2cc[c]s2)cc1.[c]1cccs1. The Labute approximate surface area is 123 Å². The third-order valence-electron chi connectivity index (χ3n) is 2.35. The third-order valence-corrected chi connectivity index (χ3v) is 3.76. The quantitative estimate of drug-likeness (QED) is 0.534. The molecule has 2 radical (unpaired) electrons. The minimum absolute atomic E-state index is 0.619. The number of hydrogen-bond donors (Lipinski definition) is 0. The van der Waals surface area contributed by atoms with E-state index in [0.717, 1.165) is 22.6 Å². The number of rotatable bonds is 1. The van der Waals surface area contributed by atoms with Crippen LogP contribution in [0.4, 0.5) is 13.2 Å². The molecule has 102 valence electrons. The van der Waals surface area contributed by atoms with E-state index in [1.54, 1.807) is 17.4 Å². The van der Waals surface area contributed by atoms with Crippen molar-refractivity contribution in [1.82, 2.24) is 0 Å². The van der Waals surface area contributed by atoms with Crippen LogP contribution in [-0.2, 0) is 6.18 Å². The minimum atomic E-state index is -4.26. The number of benzene rings is 1. The first-order valence-corrected chi connectivity index (χ1v) is 7.30. The Morgan fingerprint density at radius 2 is 1.65 bits per heavy atom. The van der Waals surface area contributed by atoms with Crippen molar-refractivity contribution in [3.8, 4) is 10.4 Å². The summed E-state index contributed by atoms with van der Waals surface area (Å²) in [7, 11) is 0. The molecule has 3 rings (SSSR count). The minimum Gasteiger partial charge on any atom is -0.166 e. The fraction of sp³-hybridized carbons (Fsp3) is 0.0667. The molecule has 0 aliphatic carbocycles. The van der Waals surface area contributed by atoms with E-state index in [1.807, 2.05) is 23.6 Å². The summed E-state index contributed by atoms with van der Waals surface area (Å²) < 4.78 is 36.8. The highest BCUT2D eigenvalue weighted by atomic mass is 32.1. The first kappa shape index (κ1) is 14.8. The molecule has 0 N–H and O–H groups in total. The monoisotopic (exact) mass is 310 g/mol. The van der Waals surface area contributed by atoms with Crippen LogP contribution >= 0.6 is 22.7 Å². The zero-order valence-electron chi connectivity index (χ0n) is 10.1. The summed E-state index contributed by atoms with van der Waals surface area (Å²) in [6.45, 7) is 0. The molecule has 0 aliphatic heterocycles. The standard InChI is InChI=1S/C11H6F3S.C4H3S/c12-11(13,14)9-5-3-8(4-6-9)10-2-1-7-15-10;1-2-4-5-3-1/h1-6H;1-3H. The van der Waals surface area contributed by atoms with Crippen LogP contribution in [0.15, 0.2) is 53.9 Å². The van der Waals surface area contributed by atoms with Crippen LogP contribution in [0.2, 0.25) is 0 Å². The Morgan fingerprint density at radius 1 is 0.900 bits per heavy atom. The first-order valence-electron chi connectivity index (χ1n) is 5.60. The van der Waals surface area contributed by atoms with Crippen LogP contribution in [0.1, 0.15) is 5.56 Å². The highest BCUT2D eigenvalue weighted by Gasteiger charge is 2.29. The van der Waals surface area contributed by atoms with Crippen molar-refractivity contribution in [1.29, 1.82) is 0 Å². The molecule has 0 atom stereocenters. The fourth-order valence-corrected chi connectivity index (χ4v) is 2.46. The average molecular weight is 310 g/mol. The summed E-state index contributed by atoms with van der Waals surface area (Å²) in [4.78, 5) is 0.920. The smallest absolute Gasteiger partial charge is 0.166 e. The normalized spacial score (nSPS) is 10.8. The first-order chi connectivity index (χ1) is 9.57. The van der Waals surface area contributed by atoms with Gasteiger partial charge in [0.2, 0.25) is 0 Å². The maximum Gasteiger partial charge on any atom is 0.416 e. The lowest BCUT2D eigenvalue weighted by Gasteiger charge is -2.06. The Hall–Kier alpha value is -1.59. The Morgan fingerprint density at radius 3 is 2.05 bits per heavy atom. The van der Waals surface area contributed by atoms with Crippen molar-refractivity contribution >= 4 is 22.7 Å². The van der Waals surface area contributed by atoms with E-state index in [0.29, 0.717) is 0 Å². The zero-order chi connectivity index (χ0) is 14.4. The molecule has 2 aromatic heterocycles. The molecule has 0 unspecified atom stereocenters. The van der Waals surface area contributed by atoms with Crippen LogP contribution in [-0.4, -0.2) is 0 Å². The topological polar surface area (TPSA) is 0 Å². The number of halogens is 3. The van der Waals surface area contributed by atoms with E-state index in [-0.39, 0.29) is 0 Å². The largest absolute Gasteiger partial charge is 0.416 e. The molecular weight excluding hydrogens is 301 g/mol. The van der Waals surface area contributed by atoms with Crippen molar-refractivity contribution in [3.05, 3.63) is 70.2 Å². The second-order valence-corrected chi connectivity index (χ2v) is 5.35. The van der Waals surface area contributed by atoms with Gasteiger partial charge in [-0.2, -0.15) is 13.2 Å². The second-order valence-electron chi connectivity index (χ2n) is 3.72. The van der Waals surface area contributed by atoms with E-state index < -0.39 is 11.7 Å². The van der Waals surface area contributed by atoms with Gasteiger partial charge >= 0.3 is 6.18 Å². The molecule has 5 heteroatoms. The second kappa shape index (κ2) is 6.72. The van der Waals surface area contributed by atoms with Crippen LogP contribution in [0.5, 0.6) is 0 Å². The van der Waals surface area contributed by atoms with Crippen LogP contribution in [0, 0.1) is 10.8 Å². The predicted molar refractivity (Wildman–Crippen MR) is 76.7 cm³/mol.